The molecule has 2 heterocycles. The first kappa shape index (κ1) is 14.5. The van der Waals surface area contributed by atoms with Crippen LogP contribution >= 0.6 is 11.8 Å². The van der Waals surface area contributed by atoms with Gasteiger partial charge in [-0.15, -0.1) is 0 Å². The monoisotopic (exact) mass is 312 g/mol. The van der Waals surface area contributed by atoms with Crippen LogP contribution in [0.4, 0.5) is 5.69 Å². The summed E-state index contributed by atoms with van der Waals surface area (Å²) in [6.45, 7) is 0. The zero-order chi connectivity index (χ0) is 15.4. The highest BCUT2D eigenvalue weighted by Gasteiger charge is 2.06. The van der Waals surface area contributed by atoms with Gasteiger partial charge in [0.05, 0.1) is 16.5 Å². The molecule has 6 heteroatoms. The molecule has 112 valence electrons. The predicted octanol–water partition coefficient (Wildman–Crippen LogP) is 3.15. The van der Waals surface area contributed by atoms with Gasteiger partial charge < -0.3 is 9.88 Å². The van der Waals surface area contributed by atoms with Crippen molar-refractivity contribution in [2.75, 3.05) is 11.1 Å². The second-order valence-electron chi connectivity index (χ2n) is 4.84. The van der Waals surface area contributed by atoms with Crippen molar-refractivity contribution < 1.29 is 4.79 Å². The summed E-state index contributed by atoms with van der Waals surface area (Å²) in [7, 11) is 1.97. The smallest absolute Gasteiger partial charge is 0.234 e. The number of aromatic amines is 1. The number of carbonyl (C=O) groups excluding carboxylic acids is 1. The molecule has 0 saturated carbocycles. The second kappa shape index (κ2) is 6.53. The lowest BCUT2D eigenvalue weighted by molar-refractivity contribution is -0.113. The summed E-state index contributed by atoms with van der Waals surface area (Å²) >= 11 is 1.52. The van der Waals surface area contributed by atoms with Crippen LogP contribution in [0.3, 0.4) is 0 Å². The Morgan fingerprint density at radius 2 is 2.09 bits per heavy atom. The number of nitrogens with zero attached hydrogens (tertiary/aromatic N) is 2. The first-order valence-corrected chi connectivity index (χ1v) is 7.85. The van der Waals surface area contributed by atoms with Crippen molar-refractivity contribution in [3.05, 3.63) is 54.9 Å². The largest absolute Gasteiger partial charge is 0.346 e. The number of aromatic nitrogens is 3. The molecule has 0 radical (unpaired) electrons. The predicted molar refractivity (Wildman–Crippen MR) is 88.8 cm³/mol. The minimum atomic E-state index is -0.0134. The van der Waals surface area contributed by atoms with Crippen LogP contribution in [0, 0.1) is 0 Å². The molecular formula is C16H16N4OS. The molecule has 0 fully saturated rings. The number of hydrogen-bond acceptors (Lipinski definition) is 3. The molecule has 0 spiro atoms. The lowest BCUT2D eigenvalue weighted by Crippen LogP contribution is -2.14. The third kappa shape index (κ3) is 3.40. The zero-order valence-corrected chi connectivity index (χ0v) is 12.9. The first-order valence-electron chi connectivity index (χ1n) is 6.86. The Balaban J connectivity index is 1.56. The van der Waals surface area contributed by atoms with Crippen molar-refractivity contribution in [3.63, 3.8) is 0 Å². The minimum Gasteiger partial charge on any atom is -0.346 e. The molecule has 1 aromatic carbocycles. The van der Waals surface area contributed by atoms with Gasteiger partial charge in [0.15, 0.2) is 0 Å². The first-order chi connectivity index (χ1) is 10.7. The van der Waals surface area contributed by atoms with Crippen LogP contribution in [0.25, 0.3) is 11.3 Å². The molecule has 0 aliphatic carbocycles. The Morgan fingerprint density at radius 1 is 1.27 bits per heavy atom. The standard InChI is InChI=1S/C16H16N4OS/c1-20-10-2-3-16(20)22-11-15(21)18-13-6-4-12(5-7-13)14-8-9-17-19-14/h2-10H,11H2,1H3,(H,17,19)(H,18,21). The summed E-state index contributed by atoms with van der Waals surface area (Å²) in [5.41, 5.74) is 2.78. The molecule has 3 aromatic rings. The van der Waals surface area contributed by atoms with E-state index in [1.54, 1.807) is 6.20 Å². The fourth-order valence-corrected chi connectivity index (χ4v) is 2.87. The van der Waals surface area contributed by atoms with Gasteiger partial charge in [0.1, 0.15) is 0 Å². The van der Waals surface area contributed by atoms with Crippen LogP contribution in [-0.4, -0.2) is 26.4 Å². The second-order valence-corrected chi connectivity index (χ2v) is 5.84. The van der Waals surface area contributed by atoms with Gasteiger partial charge in [-0.25, -0.2) is 0 Å². The highest BCUT2D eigenvalue weighted by Crippen LogP contribution is 2.20. The minimum absolute atomic E-state index is 0.0134. The van der Waals surface area contributed by atoms with Gasteiger partial charge in [0.2, 0.25) is 5.91 Å². The number of anilines is 1. The van der Waals surface area contributed by atoms with Crippen LogP contribution in [0.5, 0.6) is 0 Å². The van der Waals surface area contributed by atoms with Crippen LogP contribution in [0.1, 0.15) is 0 Å². The Labute approximate surface area is 132 Å². The van der Waals surface area contributed by atoms with Gasteiger partial charge in [-0.1, -0.05) is 23.9 Å². The van der Waals surface area contributed by atoms with E-state index >= 15 is 0 Å². The highest BCUT2D eigenvalue weighted by atomic mass is 32.2. The molecule has 2 N–H and O–H groups in total. The summed E-state index contributed by atoms with van der Waals surface area (Å²) in [6, 6.07) is 13.6. The molecule has 0 aliphatic heterocycles. The maximum absolute atomic E-state index is 12.0. The van der Waals surface area contributed by atoms with Gasteiger partial charge in [0, 0.05) is 25.1 Å². The number of nitrogens with one attached hydrogen (secondary N) is 2. The molecule has 0 unspecified atom stereocenters. The lowest BCUT2D eigenvalue weighted by atomic mass is 10.1. The SMILES string of the molecule is Cn1cccc1SCC(=O)Nc1ccc(-c2ccn[nH]2)cc1. The van der Waals surface area contributed by atoms with E-state index in [9.17, 15) is 4.79 Å². The van der Waals surface area contributed by atoms with E-state index < -0.39 is 0 Å². The summed E-state index contributed by atoms with van der Waals surface area (Å²) in [5.74, 6) is 0.376. The molecule has 1 amide bonds. The topological polar surface area (TPSA) is 62.7 Å². The number of rotatable bonds is 5. The lowest BCUT2D eigenvalue weighted by Gasteiger charge is -2.06. The van der Waals surface area contributed by atoms with Gasteiger partial charge >= 0.3 is 0 Å². The van der Waals surface area contributed by atoms with Crippen molar-refractivity contribution in [2.24, 2.45) is 7.05 Å². The highest BCUT2D eigenvalue weighted by molar-refractivity contribution is 7.99. The normalized spacial score (nSPS) is 10.6. The number of benzene rings is 1. The molecule has 5 nitrogen and oxygen atoms in total. The molecule has 2 aromatic heterocycles. The number of thioether (sulfide) groups is 1. The Kier molecular flexibility index (Phi) is 4.29. The number of aryl methyl sites for hydroxylation is 1. The molecule has 0 saturated heterocycles. The van der Waals surface area contributed by atoms with Crippen molar-refractivity contribution in [2.45, 2.75) is 5.03 Å². The van der Waals surface area contributed by atoms with Gasteiger partial charge in [0.25, 0.3) is 0 Å². The van der Waals surface area contributed by atoms with E-state index in [1.165, 1.54) is 11.8 Å². The molecule has 0 bridgehead atoms. The molecule has 0 atom stereocenters. The maximum atomic E-state index is 12.0. The van der Waals surface area contributed by atoms with Gasteiger partial charge in [-0.2, -0.15) is 5.10 Å². The van der Waals surface area contributed by atoms with Crippen LogP contribution in [0.15, 0.2) is 59.9 Å². The van der Waals surface area contributed by atoms with E-state index in [2.05, 4.69) is 15.5 Å². The third-order valence-corrected chi connectivity index (χ3v) is 4.35. The summed E-state index contributed by atoms with van der Waals surface area (Å²) in [5, 5.41) is 10.8. The average Bonchev–Trinajstić information content (AvgIpc) is 3.18. The van der Waals surface area contributed by atoms with Gasteiger partial charge in [-0.3, -0.25) is 9.89 Å². The number of carbonyl (C=O) groups is 1. The van der Waals surface area contributed by atoms with Crippen molar-refractivity contribution in [1.29, 1.82) is 0 Å². The van der Waals surface area contributed by atoms with E-state index in [-0.39, 0.29) is 5.91 Å². The number of hydrogen-bond donors (Lipinski definition) is 2. The third-order valence-electron chi connectivity index (χ3n) is 3.23. The summed E-state index contributed by atoms with van der Waals surface area (Å²) in [4.78, 5) is 12.0. The van der Waals surface area contributed by atoms with Crippen LogP contribution < -0.4 is 5.32 Å². The zero-order valence-electron chi connectivity index (χ0n) is 12.1. The van der Waals surface area contributed by atoms with Crippen LogP contribution in [-0.2, 0) is 11.8 Å². The molecule has 22 heavy (non-hydrogen) atoms. The maximum Gasteiger partial charge on any atom is 0.234 e. The van der Waals surface area contributed by atoms with Crippen molar-refractivity contribution in [3.8, 4) is 11.3 Å². The van der Waals surface area contributed by atoms with E-state index in [0.29, 0.717) is 5.75 Å². The Bertz CT molecular complexity index is 747. The van der Waals surface area contributed by atoms with E-state index in [0.717, 1.165) is 22.0 Å². The Morgan fingerprint density at radius 3 is 2.73 bits per heavy atom. The van der Waals surface area contributed by atoms with E-state index in [4.69, 9.17) is 0 Å². The fraction of sp³-hybridized carbons (Fsp3) is 0.125. The van der Waals surface area contributed by atoms with Crippen LogP contribution in [0.2, 0.25) is 0 Å². The number of amides is 1. The van der Waals surface area contributed by atoms with Crippen molar-refractivity contribution >= 4 is 23.4 Å². The Hall–Kier alpha value is -2.47. The molecule has 3 rings (SSSR count). The number of H-pyrrole nitrogens is 1. The summed E-state index contributed by atoms with van der Waals surface area (Å²) in [6.07, 6.45) is 3.68. The van der Waals surface area contributed by atoms with Gasteiger partial charge in [-0.05, 0) is 35.9 Å². The average molecular weight is 312 g/mol. The quantitative estimate of drug-likeness (QED) is 0.711. The van der Waals surface area contributed by atoms with Crippen molar-refractivity contribution in [1.82, 2.24) is 14.8 Å². The van der Waals surface area contributed by atoms with E-state index in [1.807, 2.05) is 60.3 Å². The molecule has 0 aliphatic rings. The molecular weight excluding hydrogens is 296 g/mol. The summed E-state index contributed by atoms with van der Waals surface area (Å²) < 4.78 is 2.00. The fourth-order valence-electron chi connectivity index (χ4n) is 2.08.